The molecular formula is C19H27N3O4. The lowest BCUT2D eigenvalue weighted by molar-refractivity contribution is -0.126. The number of hydrogen-bond donors (Lipinski definition) is 1. The molecule has 0 aliphatic carbocycles. The molecule has 0 spiro atoms. The first kappa shape index (κ1) is 19.8. The van der Waals surface area contributed by atoms with Gasteiger partial charge in [0.1, 0.15) is 12.3 Å². The van der Waals surface area contributed by atoms with Crippen molar-refractivity contribution >= 4 is 23.4 Å². The minimum absolute atomic E-state index is 0.116. The fourth-order valence-electron chi connectivity index (χ4n) is 2.80. The highest BCUT2D eigenvalue weighted by Crippen LogP contribution is 2.33. The van der Waals surface area contributed by atoms with E-state index in [1.165, 1.54) is 4.90 Å². The maximum atomic E-state index is 12.6. The lowest BCUT2D eigenvalue weighted by Gasteiger charge is -2.31. The zero-order valence-corrected chi connectivity index (χ0v) is 16.1. The maximum Gasteiger partial charge on any atom is 0.265 e. The first-order valence-corrected chi connectivity index (χ1v) is 8.83. The number of carbonyl (C=O) groups excluding carboxylic acids is 3. The third kappa shape index (κ3) is 4.53. The predicted octanol–water partition coefficient (Wildman–Crippen LogP) is 1.81. The molecule has 1 aromatic rings. The van der Waals surface area contributed by atoms with Gasteiger partial charge in [-0.2, -0.15) is 0 Å². The number of rotatable bonds is 5. The van der Waals surface area contributed by atoms with E-state index >= 15 is 0 Å². The SMILES string of the molecule is CCN(CC)C(=O)c1ccc2c(c1)N(CC(=O)NC(C)(C)C)C(=O)CO2. The van der Waals surface area contributed by atoms with Crippen LogP contribution in [0.15, 0.2) is 18.2 Å². The maximum absolute atomic E-state index is 12.6. The van der Waals surface area contributed by atoms with Gasteiger partial charge in [-0.15, -0.1) is 0 Å². The van der Waals surface area contributed by atoms with E-state index in [1.807, 2.05) is 34.6 Å². The van der Waals surface area contributed by atoms with Crippen LogP contribution in [0.5, 0.6) is 5.75 Å². The summed E-state index contributed by atoms with van der Waals surface area (Å²) in [5.74, 6) is -0.202. The Kier molecular flexibility index (Phi) is 5.90. The summed E-state index contributed by atoms with van der Waals surface area (Å²) < 4.78 is 5.45. The third-order valence-electron chi connectivity index (χ3n) is 4.02. The third-order valence-corrected chi connectivity index (χ3v) is 4.02. The number of hydrogen-bond acceptors (Lipinski definition) is 4. The molecule has 0 bridgehead atoms. The van der Waals surface area contributed by atoms with Gasteiger partial charge in [0.15, 0.2) is 6.61 Å². The van der Waals surface area contributed by atoms with Gasteiger partial charge in [-0.3, -0.25) is 19.3 Å². The number of ether oxygens (including phenoxy) is 1. The minimum atomic E-state index is -0.393. The van der Waals surface area contributed by atoms with Crippen molar-refractivity contribution in [2.45, 2.75) is 40.2 Å². The molecule has 26 heavy (non-hydrogen) atoms. The minimum Gasteiger partial charge on any atom is -0.482 e. The molecule has 0 unspecified atom stereocenters. The van der Waals surface area contributed by atoms with Crippen molar-refractivity contribution in [1.29, 1.82) is 0 Å². The van der Waals surface area contributed by atoms with E-state index < -0.39 is 5.54 Å². The molecule has 7 heteroatoms. The summed E-state index contributed by atoms with van der Waals surface area (Å²) in [6.45, 7) is 10.4. The standard InChI is InChI=1S/C19H27N3O4/c1-6-21(7-2)18(25)13-8-9-15-14(10-13)22(17(24)12-26-15)11-16(23)20-19(3,4)5/h8-10H,6-7,11-12H2,1-5H3,(H,20,23). The van der Waals surface area contributed by atoms with E-state index in [0.717, 1.165) is 0 Å². The number of anilines is 1. The number of amides is 3. The fraction of sp³-hybridized carbons (Fsp3) is 0.526. The predicted molar refractivity (Wildman–Crippen MR) is 99.4 cm³/mol. The smallest absolute Gasteiger partial charge is 0.265 e. The zero-order valence-electron chi connectivity index (χ0n) is 16.1. The van der Waals surface area contributed by atoms with E-state index in [9.17, 15) is 14.4 Å². The number of carbonyl (C=O) groups is 3. The van der Waals surface area contributed by atoms with Crippen molar-refractivity contribution < 1.29 is 19.1 Å². The Bertz CT molecular complexity index is 705. The topological polar surface area (TPSA) is 79.0 Å². The van der Waals surface area contributed by atoms with Crippen LogP contribution in [0.25, 0.3) is 0 Å². The lowest BCUT2D eigenvalue weighted by atomic mass is 10.1. The van der Waals surface area contributed by atoms with Crippen LogP contribution in [0.3, 0.4) is 0 Å². The van der Waals surface area contributed by atoms with E-state index in [0.29, 0.717) is 30.1 Å². The Morgan fingerprint density at radius 3 is 2.46 bits per heavy atom. The van der Waals surface area contributed by atoms with E-state index in [-0.39, 0.29) is 30.9 Å². The molecule has 0 aromatic heterocycles. The Hall–Kier alpha value is -2.57. The lowest BCUT2D eigenvalue weighted by Crippen LogP contribution is -2.49. The average molecular weight is 361 g/mol. The Morgan fingerprint density at radius 1 is 1.23 bits per heavy atom. The summed E-state index contributed by atoms with van der Waals surface area (Å²) in [6, 6.07) is 4.98. The number of nitrogens with zero attached hydrogens (tertiary/aromatic N) is 2. The van der Waals surface area contributed by atoms with Gasteiger partial charge in [-0.1, -0.05) is 0 Å². The highest BCUT2D eigenvalue weighted by atomic mass is 16.5. The van der Waals surface area contributed by atoms with Gasteiger partial charge < -0.3 is 15.0 Å². The second kappa shape index (κ2) is 7.76. The molecule has 3 amide bonds. The van der Waals surface area contributed by atoms with Crippen molar-refractivity contribution in [3.63, 3.8) is 0 Å². The molecular weight excluding hydrogens is 334 g/mol. The molecule has 0 atom stereocenters. The summed E-state index contributed by atoms with van der Waals surface area (Å²) in [7, 11) is 0. The van der Waals surface area contributed by atoms with Crippen LogP contribution < -0.4 is 15.0 Å². The number of fused-ring (bicyclic) bond motifs is 1. The molecule has 1 aromatic carbocycles. The molecule has 1 N–H and O–H groups in total. The largest absolute Gasteiger partial charge is 0.482 e. The number of benzene rings is 1. The van der Waals surface area contributed by atoms with Crippen LogP contribution in [0.2, 0.25) is 0 Å². The van der Waals surface area contributed by atoms with Gasteiger partial charge in [0.05, 0.1) is 5.69 Å². The van der Waals surface area contributed by atoms with Crippen LogP contribution in [0, 0.1) is 0 Å². The fourth-order valence-corrected chi connectivity index (χ4v) is 2.80. The van der Waals surface area contributed by atoms with Crippen molar-refractivity contribution in [2.24, 2.45) is 0 Å². The van der Waals surface area contributed by atoms with Crippen LogP contribution in [-0.4, -0.2) is 54.4 Å². The Morgan fingerprint density at radius 2 is 1.88 bits per heavy atom. The second-order valence-corrected chi connectivity index (χ2v) is 7.23. The summed E-state index contributed by atoms with van der Waals surface area (Å²) in [5.41, 5.74) is 0.519. The zero-order chi connectivity index (χ0) is 19.5. The van der Waals surface area contributed by atoms with E-state index in [4.69, 9.17) is 4.74 Å². The molecule has 2 rings (SSSR count). The number of nitrogens with one attached hydrogen (secondary N) is 1. The molecule has 0 saturated carbocycles. The Labute approximate surface area is 154 Å². The molecule has 0 saturated heterocycles. The molecule has 7 nitrogen and oxygen atoms in total. The summed E-state index contributed by atoms with van der Waals surface area (Å²) in [6.07, 6.45) is 0. The molecule has 0 radical (unpaired) electrons. The molecule has 1 aliphatic heterocycles. The molecule has 1 aliphatic rings. The van der Waals surface area contributed by atoms with Crippen molar-refractivity contribution in [3.8, 4) is 5.75 Å². The van der Waals surface area contributed by atoms with E-state index in [2.05, 4.69) is 5.32 Å². The first-order chi connectivity index (χ1) is 12.2. The van der Waals surface area contributed by atoms with Crippen molar-refractivity contribution in [1.82, 2.24) is 10.2 Å². The van der Waals surface area contributed by atoms with Gasteiger partial charge in [0.2, 0.25) is 5.91 Å². The van der Waals surface area contributed by atoms with Gasteiger partial charge in [-0.05, 0) is 52.8 Å². The quantitative estimate of drug-likeness (QED) is 0.867. The van der Waals surface area contributed by atoms with Crippen LogP contribution in [-0.2, 0) is 9.59 Å². The van der Waals surface area contributed by atoms with Crippen LogP contribution in [0.1, 0.15) is 45.0 Å². The second-order valence-electron chi connectivity index (χ2n) is 7.23. The van der Waals surface area contributed by atoms with Crippen molar-refractivity contribution in [3.05, 3.63) is 23.8 Å². The molecule has 0 fully saturated rings. The molecule has 142 valence electrons. The summed E-state index contributed by atoms with van der Waals surface area (Å²) >= 11 is 0. The van der Waals surface area contributed by atoms with Crippen LogP contribution in [0.4, 0.5) is 5.69 Å². The van der Waals surface area contributed by atoms with Gasteiger partial charge in [-0.25, -0.2) is 0 Å². The highest BCUT2D eigenvalue weighted by Gasteiger charge is 2.29. The highest BCUT2D eigenvalue weighted by molar-refractivity contribution is 6.04. The first-order valence-electron chi connectivity index (χ1n) is 8.83. The van der Waals surface area contributed by atoms with Gasteiger partial charge in [0, 0.05) is 24.2 Å². The van der Waals surface area contributed by atoms with Crippen LogP contribution >= 0.6 is 0 Å². The summed E-state index contributed by atoms with van der Waals surface area (Å²) in [4.78, 5) is 40.3. The van der Waals surface area contributed by atoms with Gasteiger partial charge in [0.25, 0.3) is 11.8 Å². The van der Waals surface area contributed by atoms with E-state index in [1.54, 1.807) is 23.1 Å². The average Bonchev–Trinajstić information content (AvgIpc) is 2.56. The normalized spacial score (nSPS) is 13.7. The summed E-state index contributed by atoms with van der Waals surface area (Å²) in [5, 5.41) is 2.84. The molecule has 1 heterocycles. The van der Waals surface area contributed by atoms with Crippen molar-refractivity contribution in [2.75, 3.05) is 31.1 Å². The Balaban J connectivity index is 2.31. The monoisotopic (exact) mass is 361 g/mol. The van der Waals surface area contributed by atoms with Gasteiger partial charge >= 0.3 is 0 Å².